The number of guanidine groups is 1. The van der Waals surface area contributed by atoms with Gasteiger partial charge in [-0.3, -0.25) is 0 Å². The van der Waals surface area contributed by atoms with Gasteiger partial charge in [-0.25, -0.2) is 4.99 Å². The van der Waals surface area contributed by atoms with Crippen LogP contribution in [0, 0.1) is 0 Å². The fraction of sp³-hybridized carbons (Fsp3) is 0.727. The number of hydrogen-bond acceptors (Lipinski definition) is 3. The Hall–Kier alpha value is -1.07. The molecule has 3 N–H and O–H groups in total. The van der Waals surface area contributed by atoms with Crippen molar-refractivity contribution in [3.63, 3.8) is 0 Å². The monoisotopic (exact) mass is 227 g/mol. The van der Waals surface area contributed by atoms with E-state index in [2.05, 4.69) is 16.9 Å². The van der Waals surface area contributed by atoms with Crippen LogP contribution in [0.2, 0.25) is 0 Å². The Morgan fingerprint density at radius 2 is 2.12 bits per heavy atom. The third kappa shape index (κ3) is 4.63. The molecule has 0 unspecified atom stereocenters. The van der Waals surface area contributed by atoms with Gasteiger partial charge in [0.1, 0.15) is 0 Å². The minimum Gasteiger partial charge on any atom is -0.370 e. The second kappa shape index (κ2) is 5.86. The first kappa shape index (κ1) is 13.0. The van der Waals surface area contributed by atoms with Gasteiger partial charge in [0.25, 0.3) is 0 Å². The molecule has 0 atom stereocenters. The number of ether oxygens (including phenoxy) is 2. The van der Waals surface area contributed by atoms with Gasteiger partial charge in [0.2, 0.25) is 0 Å². The van der Waals surface area contributed by atoms with Crippen LogP contribution in [0.1, 0.15) is 20.3 Å². The molecular weight excluding hydrogens is 206 g/mol. The predicted octanol–water partition coefficient (Wildman–Crippen LogP) is 0.620. The maximum Gasteiger partial charge on any atom is 0.188 e. The average molecular weight is 227 g/mol. The molecule has 16 heavy (non-hydrogen) atoms. The Bertz CT molecular complexity index is 270. The summed E-state index contributed by atoms with van der Waals surface area (Å²) in [7, 11) is 0. The van der Waals surface area contributed by atoms with Crippen LogP contribution in [0.25, 0.3) is 0 Å². The maximum atomic E-state index is 5.67. The number of nitrogens with zero attached hydrogens (tertiary/aromatic N) is 1. The zero-order valence-corrected chi connectivity index (χ0v) is 10.1. The lowest BCUT2D eigenvalue weighted by Crippen LogP contribution is -2.37. The van der Waals surface area contributed by atoms with Crippen molar-refractivity contribution in [3.8, 4) is 0 Å². The normalized spacial score (nSPS) is 19.8. The molecule has 1 heterocycles. The van der Waals surface area contributed by atoms with Crippen LogP contribution in [0.5, 0.6) is 0 Å². The summed E-state index contributed by atoms with van der Waals surface area (Å²) in [4.78, 5) is 4.11. The summed E-state index contributed by atoms with van der Waals surface area (Å²) in [6.45, 7) is 10.2. The Kier molecular flexibility index (Phi) is 4.76. The van der Waals surface area contributed by atoms with E-state index in [1.165, 1.54) is 0 Å². The van der Waals surface area contributed by atoms with Gasteiger partial charge in [0.15, 0.2) is 11.7 Å². The lowest BCUT2D eigenvalue weighted by Gasteiger charge is -2.22. The van der Waals surface area contributed by atoms with E-state index in [0.717, 1.165) is 12.0 Å². The highest BCUT2D eigenvalue weighted by atomic mass is 16.7. The Morgan fingerprint density at radius 3 is 2.69 bits per heavy atom. The van der Waals surface area contributed by atoms with Crippen LogP contribution in [0.3, 0.4) is 0 Å². The van der Waals surface area contributed by atoms with Crippen LogP contribution in [-0.4, -0.2) is 38.0 Å². The van der Waals surface area contributed by atoms with E-state index in [1.807, 2.05) is 13.8 Å². The highest BCUT2D eigenvalue weighted by Gasteiger charge is 2.30. The summed E-state index contributed by atoms with van der Waals surface area (Å²) < 4.78 is 10.9. The SMILES string of the molecule is C=C(C)CN=C(N)NCCC1(C)OCCO1. The van der Waals surface area contributed by atoms with Crippen molar-refractivity contribution in [2.45, 2.75) is 26.1 Å². The number of aliphatic imine (C=N–C) groups is 1. The summed E-state index contributed by atoms with van der Waals surface area (Å²) in [5.41, 5.74) is 6.65. The molecule has 5 nitrogen and oxygen atoms in total. The summed E-state index contributed by atoms with van der Waals surface area (Å²) in [5.74, 6) is -0.0358. The third-order valence-corrected chi connectivity index (χ3v) is 2.30. The van der Waals surface area contributed by atoms with Gasteiger partial charge in [0, 0.05) is 13.0 Å². The van der Waals surface area contributed by atoms with Crippen LogP contribution < -0.4 is 11.1 Å². The molecule has 0 saturated carbocycles. The highest BCUT2D eigenvalue weighted by Crippen LogP contribution is 2.21. The molecule has 1 rings (SSSR count). The first-order valence-corrected chi connectivity index (χ1v) is 5.48. The van der Waals surface area contributed by atoms with Crippen LogP contribution in [0.4, 0.5) is 0 Å². The molecule has 1 aliphatic rings. The van der Waals surface area contributed by atoms with Crippen LogP contribution >= 0.6 is 0 Å². The molecule has 1 fully saturated rings. The summed E-state index contributed by atoms with van der Waals surface area (Å²) in [6, 6.07) is 0. The van der Waals surface area contributed by atoms with Gasteiger partial charge in [0.05, 0.1) is 19.8 Å². The smallest absolute Gasteiger partial charge is 0.188 e. The minimum atomic E-state index is -0.471. The van der Waals surface area contributed by atoms with Gasteiger partial charge in [-0.15, -0.1) is 0 Å². The molecule has 0 aromatic heterocycles. The molecule has 0 amide bonds. The Balaban J connectivity index is 2.19. The number of nitrogens with two attached hydrogens (primary N) is 1. The second-order valence-corrected chi connectivity index (χ2v) is 4.17. The largest absolute Gasteiger partial charge is 0.370 e. The van der Waals surface area contributed by atoms with Gasteiger partial charge in [-0.1, -0.05) is 12.2 Å². The van der Waals surface area contributed by atoms with Gasteiger partial charge >= 0.3 is 0 Å². The number of nitrogens with one attached hydrogen (secondary N) is 1. The van der Waals surface area contributed by atoms with Crippen molar-refractivity contribution in [2.75, 3.05) is 26.3 Å². The van der Waals surface area contributed by atoms with E-state index in [4.69, 9.17) is 15.2 Å². The zero-order chi connectivity index (χ0) is 12.0. The van der Waals surface area contributed by atoms with Crippen molar-refractivity contribution in [3.05, 3.63) is 12.2 Å². The van der Waals surface area contributed by atoms with Gasteiger partial charge in [-0.2, -0.15) is 0 Å². The molecule has 0 aromatic carbocycles. The standard InChI is InChI=1S/C11H21N3O2/c1-9(2)8-14-10(12)13-5-4-11(3)15-6-7-16-11/h1,4-8H2,2-3H3,(H3,12,13,14). The minimum absolute atomic E-state index is 0.435. The predicted molar refractivity (Wildman–Crippen MR) is 64.2 cm³/mol. The van der Waals surface area contributed by atoms with E-state index in [1.54, 1.807) is 0 Å². The Morgan fingerprint density at radius 1 is 1.50 bits per heavy atom. The summed E-state index contributed by atoms with van der Waals surface area (Å²) >= 11 is 0. The van der Waals surface area contributed by atoms with Crippen molar-refractivity contribution >= 4 is 5.96 Å². The van der Waals surface area contributed by atoms with Gasteiger partial charge < -0.3 is 20.5 Å². The lowest BCUT2D eigenvalue weighted by atomic mass is 10.2. The number of rotatable bonds is 5. The molecule has 0 spiro atoms. The zero-order valence-electron chi connectivity index (χ0n) is 10.1. The third-order valence-electron chi connectivity index (χ3n) is 2.30. The van der Waals surface area contributed by atoms with Crippen molar-refractivity contribution in [2.24, 2.45) is 10.7 Å². The van der Waals surface area contributed by atoms with E-state index in [-0.39, 0.29) is 0 Å². The average Bonchev–Trinajstić information content (AvgIpc) is 2.62. The van der Waals surface area contributed by atoms with Crippen molar-refractivity contribution < 1.29 is 9.47 Å². The van der Waals surface area contributed by atoms with Crippen molar-refractivity contribution in [1.82, 2.24) is 5.32 Å². The number of hydrogen-bond donors (Lipinski definition) is 2. The van der Waals surface area contributed by atoms with Crippen molar-refractivity contribution in [1.29, 1.82) is 0 Å². The summed E-state index contributed by atoms with van der Waals surface area (Å²) in [5, 5.41) is 3.02. The van der Waals surface area contributed by atoms with Gasteiger partial charge in [-0.05, 0) is 13.8 Å². The molecule has 0 aromatic rings. The van der Waals surface area contributed by atoms with E-state index in [0.29, 0.717) is 32.3 Å². The highest BCUT2D eigenvalue weighted by molar-refractivity contribution is 5.77. The molecule has 92 valence electrons. The van der Waals surface area contributed by atoms with Crippen LogP contribution in [0.15, 0.2) is 17.1 Å². The maximum absolute atomic E-state index is 5.67. The molecule has 1 aliphatic heterocycles. The lowest BCUT2D eigenvalue weighted by molar-refractivity contribution is -0.145. The molecule has 0 bridgehead atoms. The first-order chi connectivity index (χ1) is 7.52. The Labute approximate surface area is 96.7 Å². The molecule has 0 aliphatic carbocycles. The molecule has 0 radical (unpaired) electrons. The van der Waals surface area contributed by atoms with E-state index >= 15 is 0 Å². The molecular formula is C11H21N3O2. The second-order valence-electron chi connectivity index (χ2n) is 4.17. The fourth-order valence-electron chi connectivity index (χ4n) is 1.39. The molecule has 5 heteroatoms. The van der Waals surface area contributed by atoms with E-state index in [9.17, 15) is 0 Å². The topological polar surface area (TPSA) is 68.9 Å². The quantitative estimate of drug-likeness (QED) is 0.410. The molecule has 1 saturated heterocycles. The fourth-order valence-corrected chi connectivity index (χ4v) is 1.39. The first-order valence-electron chi connectivity index (χ1n) is 5.48. The van der Waals surface area contributed by atoms with Crippen LogP contribution in [-0.2, 0) is 9.47 Å². The summed E-state index contributed by atoms with van der Waals surface area (Å²) in [6.07, 6.45) is 0.746. The van der Waals surface area contributed by atoms with E-state index < -0.39 is 5.79 Å².